The normalized spacial score (nSPS) is 16.5. The molecule has 3 nitrogen and oxygen atoms in total. The zero-order chi connectivity index (χ0) is 10.8. The summed E-state index contributed by atoms with van der Waals surface area (Å²) in [6.07, 6.45) is 5.93. The summed E-state index contributed by atoms with van der Waals surface area (Å²) in [5.74, 6) is -0.0150. The van der Waals surface area contributed by atoms with Gasteiger partial charge in [0.1, 0.15) is 5.69 Å². The molecule has 2 rings (SSSR count). The molecule has 0 atom stereocenters. The Morgan fingerprint density at radius 2 is 2.33 bits per heavy atom. The fourth-order valence-electron chi connectivity index (χ4n) is 1.76. The number of nitrogens with zero attached hydrogens (tertiary/aromatic N) is 1. The molecule has 0 bridgehead atoms. The van der Waals surface area contributed by atoms with E-state index in [-0.39, 0.29) is 5.91 Å². The maximum atomic E-state index is 11.7. The molecule has 1 aliphatic rings. The number of amides is 1. The Bertz CT molecular complexity index is 452. The molecule has 3 heteroatoms. The zero-order valence-electron chi connectivity index (χ0n) is 8.95. The molecule has 0 aromatic carbocycles. The predicted octanol–water partition coefficient (Wildman–Crippen LogP) is 2.04. The number of aromatic nitrogens is 1. The Balaban J connectivity index is 2.60. The summed E-state index contributed by atoms with van der Waals surface area (Å²) in [5, 5.41) is 2.87. The predicted molar refractivity (Wildman–Crippen MR) is 60.5 cm³/mol. The Kier molecular flexibility index (Phi) is 2.46. The Hall–Kier alpha value is -1.77. The van der Waals surface area contributed by atoms with Crippen LogP contribution in [0.3, 0.4) is 0 Å². The number of allylic oxidation sites excluding steroid dienone is 3. The molecular weight excluding hydrogens is 188 g/mol. The van der Waals surface area contributed by atoms with Crippen LogP contribution >= 0.6 is 0 Å². The quantitative estimate of drug-likeness (QED) is 0.743. The van der Waals surface area contributed by atoms with Gasteiger partial charge in [-0.2, -0.15) is 0 Å². The molecule has 1 aliphatic heterocycles. The number of nitrogens with one attached hydrogen (secondary N) is 1. The lowest BCUT2D eigenvalue weighted by Gasteiger charge is -2.07. The average Bonchev–Trinajstić information content (AvgIpc) is 2.66. The van der Waals surface area contributed by atoms with Gasteiger partial charge in [-0.3, -0.25) is 4.79 Å². The third-order valence-electron chi connectivity index (χ3n) is 2.52. The van der Waals surface area contributed by atoms with Gasteiger partial charge in [-0.15, -0.1) is 0 Å². The van der Waals surface area contributed by atoms with Crippen LogP contribution in [0.15, 0.2) is 36.1 Å². The summed E-state index contributed by atoms with van der Waals surface area (Å²) >= 11 is 0. The summed E-state index contributed by atoms with van der Waals surface area (Å²) in [4.78, 5) is 11.7. The molecule has 1 amide bonds. The standard InChI is InChI=1S/C12H14N2O/c1-3-5-10-9(2)8-13-12(15)11-6-4-7-14(10)11/h3-7H,8H2,1-2H3,(H,13,15)/b5-3-. The minimum absolute atomic E-state index is 0.0150. The topological polar surface area (TPSA) is 34.0 Å². The summed E-state index contributed by atoms with van der Waals surface area (Å²) in [5.41, 5.74) is 2.94. The summed E-state index contributed by atoms with van der Waals surface area (Å²) in [7, 11) is 0. The minimum Gasteiger partial charge on any atom is -0.347 e. The van der Waals surface area contributed by atoms with Gasteiger partial charge in [0.05, 0.1) is 0 Å². The van der Waals surface area contributed by atoms with Gasteiger partial charge in [-0.1, -0.05) is 6.08 Å². The van der Waals surface area contributed by atoms with Crippen LogP contribution in [-0.4, -0.2) is 17.0 Å². The number of hydrogen-bond acceptors (Lipinski definition) is 1. The van der Waals surface area contributed by atoms with Crippen molar-refractivity contribution in [2.45, 2.75) is 13.8 Å². The Morgan fingerprint density at radius 1 is 1.53 bits per heavy atom. The number of hydrogen-bond donors (Lipinski definition) is 1. The number of rotatable bonds is 1. The molecule has 0 saturated heterocycles. The third-order valence-corrected chi connectivity index (χ3v) is 2.52. The number of carbonyl (C=O) groups excluding carboxylic acids is 1. The first-order chi connectivity index (χ1) is 7.24. The fourth-order valence-corrected chi connectivity index (χ4v) is 1.76. The monoisotopic (exact) mass is 202 g/mol. The molecule has 0 spiro atoms. The molecule has 0 aliphatic carbocycles. The lowest BCUT2D eigenvalue weighted by atomic mass is 10.2. The van der Waals surface area contributed by atoms with Crippen LogP contribution in [0.2, 0.25) is 0 Å². The van der Waals surface area contributed by atoms with Gasteiger partial charge < -0.3 is 9.88 Å². The van der Waals surface area contributed by atoms with Crippen LogP contribution in [0.1, 0.15) is 24.3 Å². The number of fused-ring (bicyclic) bond motifs is 1. The fraction of sp³-hybridized carbons (Fsp3) is 0.250. The highest BCUT2D eigenvalue weighted by Crippen LogP contribution is 2.19. The van der Waals surface area contributed by atoms with Crippen LogP contribution in [0.4, 0.5) is 0 Å². The van der Waals surface area contributed by atoms with Crippen molar-refractivity contribution in [1.29, 1.82) is 0 Å². The van der Waals surface area contributed by atoms with Gasteiger partial charge in [0.2, 0.25) is 0 Å². The summed E-state index contributed by atoms with van der Waals surface area (Å²) < 4.78 is 1.93. The molecule has 15 heavy (non-hydrogen) atoms. The molecule has 0 radical (unpaired) electrons. The second-order valence-corrected chi connectivity index (χ2v) is 3.61. The van der Waals surface area contributed by atoms with Gasteiger partial charge in [-0.25, -0.2) is 0 Å². The van der Waals surface area contributed by atoms with Crippen molar-refractivity contribution in [3.8, 4) is 0 Å². The van der Waals surface area contributed by atoms with E-state index in [9.17, 15) is 4.79 Å². The molecule has 0 fully saturated rings. The highest BCUT2D eigenvalue weighted by molar-refractivity contribution is 5.95. The lowest BCUT2D eigenvalue weighted by molar-refractivity contribution is 0.0952. The first-order valence-corrected chi connectivity index (χ1v) is 5.02. The third kappa shape index (κ3) is 1.61. The van der Waals surface area contributed by atoms with Crippen LogP contribution < -0.4 is 5.32 Å². The summed E-state index contributed by atoms with van der Waals surface area (Å²) in [6.45, 7) is 4.62. The molecule has 1 N–H and O–H groups in total. The second kappa shape index (κ2) is 3.77. The molecule has 1 aromatic heterocycles. The van der Waals surface area contributed by atoms with E-state index in [2.05, 4.69) is 5.32 Å². The minimum atomic E-state index is -0.0150. The maximum absolute atomic E-state index is 11.7. The molecule has 0 unspecified atom stereocenters. The molecule has 2 heterocycles. The van der Waals surface area contributed by atoms with Crippen LogP contribution in [-0.2, 0) is 0 Å². The van der Waals surface area contributed by atoms with Gasteiger partial charge >= 0.3 is 0 Å². The van der Waals surface area contributed by atoms with Gasteiger partial charge in [0, 0.05) is 18.4 Å². The maximum Gasteiger partial charge on any atom is 0.268 e. The smallest absolute Gasteiger partial charge is 0.268 e. The number of carbonyl (C=O) groups is 1. The second-order valence-electron chi connectivity index (χ2n) is 3.61. The largest absolute Gasteiger partial charge is 0.347 e. The van der Waals surface area contributed by atoms with E-state index in [1.54, 1.807) is 0 Å². The van der Waals surface area contributed by atoms with Crippen molar-refractivity contribution in [3.05, 3.63) is 41.7 Å². The van der Waals surface area contributed by atoms with Crippen molar-refractivity contribution in [2.75, 3.05) is 6.54 Å². The van der Waals surface area contributed by atoms with E-state index in [1.807, 2.05) is 48.9 Å². The van der Waals surface area contributed by atoms with Crippen LogP contribution in [0.25, 0.3) is 5.70 Å². The summed E-state index contributed by atoms with van der Waals surface area (Å²) in [6, 6.07) is 3.72. The SMILES string of the molecule is C/C=C\C1=C(C)CNC(=O)c2cccn21. The van der Waals surface area contributed by atoms with E-state index in [0.717, 1.165) is 11.3 Å². The average molecular weight is 202 g/mol. The van der Waals surface area contributed by atoms with Crippen LogP contribution in [0.5, 0.6) is 0 Å². The van der Waals surface area contributed by atoms with Crippen molar-refractivity contribution < 1.29 is 4.79 Å². The lowest BCUT2D eigenvalue weighted by Crippen LogP contribution is -2.24. The van der Waals surface area contributed by atoms with Crippen molar-refractivity contribution in [2.24, 2.45) is 0 Å². The van der Waals surface area contributed by atoms with Gasteiger partial charge in [0.25, 0.3) is 5.91 Å². The van der Waals surface area contributed by atoms with Gasteiger partial charge in [0.15, 0.2) is 0 Å². The first kappa shape index (κ1) is 9.77. The highest BCUT2D eigenvalue weighted by Gasteiger charge is 2.17. The van der Waals surface area contributed by atoms with Crippen molar-refractivity contribution in [1.82, 2.24) is 9.88 Å². The van der Waals surface area contributed by atoms with E-state index < -0.39 is 0 Å². The van der Waals surface area contributed by atoms with E-state index in [0.29, 0.717) is 12.2 Å². The zero-order valence-corrected chi connectivity index (χ0v) is 8.95. The molecule has 78 valence electrons. The van der Waals surface area contributed by atoms with E-state index in [1.165, 1.54) is 0 Å². The molecular formula is C12H14N2O. The van der Waals surface area contributed by atoms with Crippen molar-refractivity contribution in [3.63, 3.8) is 0 Å². The molecule has 1 aromatic rings. The Labute approximate surface area is 89.1 Å². The first-order valence-electron chi connectivity index (χ1n) is 5.02. The van der Waals surface area contributed by atoms with Crippen LogP contribution in [0, 0.1) is 0 Å². The van der Waals surface area contributed by atoms with E-state index in [4.69, 9.17) is 0 Å². The molecule has 0 saturated carbocycles. The highest BCUT2D eigenvalue weighted by atomic mass is 16.1. The van der Waals surface area contributed by atoms with Gasteiger partial charge in [-0.05, 0) is 37.6 Å². The van der Waals surface area contributed by atoms with Crippen molar-refractivity contribution >= 4 is 11.6 Å². The Morgan fingerprint density at radius 3 is 3.07 bits per heavy atom. The van der Waals surface area contributed by atoms with E-state index >= 15 is 0 Å².